The van der Waals surface area contributed by atoms with Crippen molar-refractivity contribution in [2.24, 2.45) is 5.92 Å². The summed E-state index contributed by atoms with van der Waals surface area (Å²) in [6, 6.07) is 5.64. The molecule has 1 aromatic carbocycles. The van der Waals surface area contributed by atoms with Crippen LogP contribution >= 0.6 is 27.5 Å². The minimum Gasteiger partial charge on any atom is -0.352 e. The number of hydrogen-bond acceptors (Lipinski definition) is 1. The molecule has 0 aliphatic rings. The van der Waals surface area contributed by atoms with Crippen molar-refractivity contribution in [3.8, 4) is 0 Å². The molecular formula is C13H17BrClNO. The van der Waals surface area contributed by atoms with Crippen LogP contribution in [0.5, 0.6) is 0 Å². The molecule has 1 rings (SSSR count). The first-order valence-corrected chi connectivity index (χ1v) is 6.98. The highest BCUT2D eigenvalue weighted by molar-refractivity contribution is 9.10. The van der Waals surface area contributed by atoms with E-state index < -0.39 is 0 Å². The molecule has 0 spiro atoms. The Hall–Kier alpha value is -0.540. The largest absolute Gasteiger partial charge is 0.352 e. The molecule has 1 amide bonds. The van der Waals surface area contributed by atoms with E-state index in [4.69, 9.17) is 11.6 Å². The molecule has 1 atom stereocenters. The normalized spacial score (nSPS) is 12.2. The minimum absolute atomic E-state index is 0.0229. The van der Waals surface area contributed by atoms with Crippen LogP contribution in [-0.2, 0) is 0 Å². The summed E-state index contributed by atoms with van der Waals surface area (Å²) in [4.78, 5) is 12.0. The third-order valence-corrected chi connectivity index (χ3v) is 3.80. The number of halogens is 2. The van der Waals surface area contributed by atoms with Gasteiger partial charge in [-0.1, -0.05) is 28.9 Å². The molecule has 0 aliphatic carbocycles. The molecular weight excluding hydrogens is 302 g/mol. The standard InChI is InChI=1S/C13H17BrClNO/c1-9(6-7-15)8-16-13(17)11-4-3-5-12(14)10(11)2/h3-5,9H,6-8H2,1-2H3,(H,16,17). The van der Waals surface area contributed by atoms with Crippen LogP contribution in [0, 0.1) is 12.8 Å². The molecule has 4 heteroatoms. The fourth-order valence-electron chi connectivity index (χ4n) is 1.50. The number of alkyl halides is 1. The van der Waals surface area contributed by atoms with Gasteiger partial charge in [0.05, 0.1) is 0 Å². The Morgan fingerprint density at radius 3 is 2.88 bits per heavy atom. The SMILES string of the molecule is Cc1c(Br)cccc1C(=O)NCC(C)CCCl. The lowest BCUT2D eigenvalue weighted by Crippen LogP contribution is -2.29. The number of amides is 1. The van der Waals surface area contributed by atoms with Crippen molar-refractivity contribution in [1.82, 2.24) is 5.32 Å². The lowest BCUT2D eigenvalue weighted by molar-refractivity contribution is 0.0947. The first kappa shape index (κ1) is 14.5. The summed E-state index contributed by atoms with van der Waals surface area (Å²) in [5, 5.41) is 2.93. The monoisotopic (exact) mass is 317 g/mol. The van der Waals surface area contributed by atoms with Gasteiger partial charge in [-0.15, -0.1) is 11.6 Å². The zero-order valence-corrected chi connectivity index (χ0v) is 12.4. The Morgan fingerprint density at radius 1 is 1.53 bits per heavy atom. The van der Waals surface area contributed by atoms with E-state index in [-0.39, 0.29) is 5.91 Å². The highest BCUT2D eigenvalue weighted by atomic mass is 79.9. The van der Waals surface area contributed by atoms with Crippen molar-refractivity contribution in [2.45, 2.75) is 20.3 Å². The molecule has 94 valence electrons. The van der Waals surface area contributed by atoms with E-state index in [1.165, 1.54) is 0 Å². The van der Waals surface area contributed by atoms with Gasteiger partial charge in [0.15, 0.2) is 0 Å². The Morgan fingerprint density at radius 2 is 2.24 bits per heavy atom. The fraction of sp³-hybridized carbons (Fsp3) is 0.462. The van der Waals surface area contributed by atoms with E-state index in [0.717, 1.165) is 22.0 Å². The van der Waals surface area contributed by atoms with Crippen LogP contribution in [0.15, 0.2) is 22.7 Å². The van der Waals surface area contributed by atoms with Crippen molar-refractivity contribution >= 4 is 33.4 Å². The van der Waals surface area contributed by atoms with Gasteiger partial charge in [-0.05, 0) is 37.0 Å². The number of hydrogen-bond donors (Lipinski definition) is 1. The second kappa shape index (κ2) is 7.02. The lowest BCUT2D eigenvalue weighted by Gasteiger charge is -2.12. The quantitative estimate of drug-likeness (QED) is 0.823. The second-order valence-corrected chi connectivity index (χ2v) is 5.44. The van der Waals surface area contributed by atoms with E-state index >= 15 is 0 Å². The van der Waals surface area contributed by atoms with Crippen molar-refractivity contribution in [3.05, 3.63) is 33.8 Å². The van der Waals surface area contributed by atoms with Gasteiger partial charge >= 0.3 is 0 Å². The predicted octanol–water partition coefficient (Wildman–Crippen LogP) is 3.75. The maximum Gasteiger partial charge on any atom is 0.251 e. The van der Waals surface area contributed by atoms with Gasteiger partial charge in [-0.2, -0.15) is 0 Å². The van der Waals surface area contributed by atoms with Gasteiger partial charge < -0.3 is 5.32 Å². The predicted molar refractivity (Wildman–Crippen MR) is 75.7 cm³/mol. The third kappa shape index (κ3) is 4.32. The Kier molecular flexibility index (Phi) is 6.00. The maximum atomic E-state index is 12.0. The zero-order valence-electron chi connectivity index (χ0n) is 10.1. The van der Waals surface area contributed by atoms with Crippen LogP contribution < -0.4 is 5.32 Å². The Bertz CT molecular complexity index is 395. The highest BCUT2D eigenvalue weighted by Crippen LogP contribution is 2.19. The molecule has 0 heterocycles. The first-order chi connectivity index (χ1) is 8.06. The molecule has 0 saturated carbocycles. The average Bonchev–Trinajstić information content (AvgIpc) is 2.30. The van der Waals surface area contributed by atoms with Crippen LogP contribution in [0.3, 0.4) is 0 Å². The zero-order chi connectivity index (χ0) is 12.8. The molecule has 0 aliphatic heterocycles. The van der Waals surface area contributed by atoms with E-state index in [2.05, 4.69) is 28.2 Å². The van der Waals surface area contributed by atoms with Crippen molar-refractivity contribution in [2.75, 3.05) is 12.4 Å². The molecule has 0 radical (unpaired) electrons. The Balaban J connectivity index is 2.61. The molecule has 1 unspecified atom stereocenters. The topological polar surface area (TPSA) is 29.1 Å². The van der Waals surface area contributed by atoms with Crippen molar-refractivity contribution in [1.29, 1.82) is 0 Å². The summed E-state index contributed by atoms with van der Waals surface area (Å²) in [6.45, 7) is 4.68. The molecule has 0 aromatic heterocycles. The molecule has 0 fully saturated rings. The van der Waals surface area contributed by atoms with E-state index in [1.807, 2.05) is 25.1 Å². The van der Waals surface area contributed by atoms with Gasteiger partial charge in [-0.25, -0.2) is 0 Å². The minimum atomic E-state index is -0.0229. The van der Waals surface area contributed by atoms with Crippen molar-refractivity contribution in [3.63, 3.8) is 0 Å². The average molecular weight is 319 g/mol. The summed E-state index contributed by atoms with van der Waals surface area (Å²) in [5.41, 5.74) is 1.69. The number of rotatable bonds is 5. The number of carbonyl (C=O) groups is 1. The molecule has 0 saturated heterocycles. The molecule has 2 nitrogen and oxygen atoms in total. The van der Waals surface area contributed by atoms with Crippen LogP contribution in [-0.4, -0.2) is 18.3 Å². The van der Waals surface area contributed by atoms with Gasteiger partial charge in [0.1, 0.15) is 0 Å². The van der Waals surface area contributed by atoms with E-state index in [1.54, 1.807) is 0 Å². The highest BCUT2D eigenvalue weighted by Gasteiger charge is 2.11. The summed E-state index contributed by atoms with van der Waals surface area (Å²) in [6.07, 6.45) is 0.916. The first-order valence-electron chi connectivity index (χ1n) is 5.65. The summed E-state index contributed by atoms with van der Waals surface area (Å²) >= 11 is 9.08. The van der Waals surface area contributed by atoms with Gasteiger partial charge in [0.25, 0.3) is 5.91 Å². The number of nitrogens with one attached hydrogen (secondary N) is 1. The van der Waals surface area contributed by atoms with Gasteiger partial charge in [0, 0.05) is 22.5 Å². The smallest absolute Gasteiger partial charge is 0.251 e. The second-order valence-electron chi connectivity index (χ2n) is 4.21. The number of benzene rings is 1. The number of carbonyl (C=O) groups excluding carboxylic acids is 1. The summed E-state index contributed by atoms with van der Waals surface area (Å²) < 4.78 is 0.957. The van der Waals surface area contributed by atoms with E-state index in [9.17, 15) is 4.79 Å². The van der Waals surface area contributed by atoms with E-state index in [0.29, 0.717) is 18.3 Å². The Labute approximate surface area is 116 Å². The molecule has 1 aromatic rings. The molecule has 17 heavy (non-hydrogen) atoms. The summed E-state index contributed by atoms with van der Waals surface area (Å²) in [5.74, 6) is 1.02. The third-order valence-electron chi connectivity index (χ3n) is 2.73. The lowest BCUT2D eigenvalue weighted by atomic mass is 10.1. The molecule has 1 N–H and O–H groups in total. The van der Waals surface area contributed by atoms with Crippen LogP contribution in [0.2, 0.25) is 0 Å². The van der Waals surface area contributed by atoms with Crippen molar-refractivity contribution < 1.29 is 4.79 Å². The van der Waals surface area contributed by atoms with Crippen LogP contribution in [0.25, 0.3) is 0 Å². The van der Waals surface area contributed by atoms with Gasteiger partial charge in [-0.3, -0.25) is 4.79 Å². The van der Waals surface area contributed by atoms with Crippen LogP contribution in [0.4, 0.5) is 0 Å². The summed E-state index contributed by atoms with van der Waals surface area (Å²) in [7, 11) is 0. The molecule has 0 bridgehead atoms. The van der Waals surface area contributed by atoms with Gasteiger partial charge in [0.2, 0.25) is 0 Å². The van der Waals surface area contributed by atoms with Crippen LogP contribution in [0.1, 0.15) is 29.3 Å². The fourth-order valence-corrected chi connectivity index (χ4v) is 2.24. The maximum absolute atomic E-state index is 12.0.